The van der Waals surface area contributed by atoms with Crippen molar-refractivity contribution >= 4 is 16.7 Å². The number of aryl methyl sites for hydroxylation is 2. The largest absolute Gasteiger partial charge is 0.386 e. The molecule has 0 unspecified atom stereocenters. The Morgan fingerprint density at radius 2 is 2.08 bits per heavy atom. The Bertz CT molecular complexity index is 756. The van der Waals surface area contributed by atoms with Crippen molar-refractivity contribution in [3.63, 3.8) is 0 Å². The first kappa shape index (κ1) is 17.5. The van der Waals surface area contributed by atoms with Crippen LogP contribution in [0.3, 0.4) is 0 Å². The molecule has 25 heavy (non-hydrogen) atoms. The Labute approximate surface area is 149 Å². The molecule has 0 aliphatic carbocycles. The number of aromatic nitrogens is 3. The zero-order valence-corrected chi connectivity index (χ0v) is 15.3. The fraction of sp³-hybridized carbons (Fsp3) is 0.556. The maximum absolute atomic E-state index is 6.08. The third-order valence-electron chi connectivity index (χ3n) is 5.06. The molecule has 0 radical (unpaired) electrons. The summed E-state index contributed by atoms with van der Waals surface area (Å²) in [4.78, 5) is 6.96. The number of piperidine rings is 1. The quantitative estimate of drug-likeness (QED) is 0.739. The number of nitrogens with one attached hydrogen (secondary N) is 1. The summed E-state index contributed by atoms with van der Waals surface area (Å²) in [5.74, 6) is 0.657. The number of pyridine rings is 1. The van der Waals surface area contributed by atoms with Crippen LogP contribution in [0.4, 0.5) is 5.69 Å². The van der Waals surface area contributed by atoms with Gasteiger partial charge in [-0.15, -0.1) is 0 Å². The summed E-state index contributed by atoms with van der Waals surface area (Å²) in [5.41, 5.74) is 16.1. The normalized spacial score (nSPS) is 15.7. The van der Waals surface area contributed by atoms with Crippen LogP contribution in [0.2, 0.25) is 0 Å². The highest BCUT2D eigenvalue weighted by Crippen LogP contribution is 2.31. The first-order valence-corrected chi connectivity index (χ1v) is 9.12. The Hall–Kier alpha value is -2.28. The zero-order chi connectivity index (χ0) is 18.0. The maximum atomic E-state index is 6.08. The van der Waals surface area contributed by atoms with E-state index in [1.807, 2.05) is 10.9 Å². The van der Waals surface area contributed by atoms with E-state index in [-0.39, 0.29) is 0 Å². The Balaban J connectivity index is 1.94. The molecule has 136 valence electrons. The molecule has 0 spiro atoms. The molecule has 2 aromatic rings. The molecule has 1 aliphatic rings. The van der Waals surface area contributed by atoms with Gasteiger partial charge in [0.1, 0.15) is 0 Å². The van der Waals surface area contributed by atoms with E-state index in [9.17, 15) is 0 Å². The number of rotatable bonds is 6. The molecule has 0 amide bonds. The van der Waals surface area contributed by atoms with Gasteiger partial charge in [-0.2, -0.15) is 5.10 Å². The third-order valence-corrected chi connectivity index (χ3v) is 5.06. The van der Waals surface area contributed by atoms with Crippen molar-refractivity contribution < 1.29 is 0 Å². The predicted octanol–water partition coefficient (Wildman–Crippen LogP) is 1.78. The lowest BCUT2D eigenvalue weighted by molar-refractivity contribution is 0.270. The average molecular weight is 343 g/mol. The number of fused-ring (bicyclic) bond motifs is 1. The summed E-state index contributed by atoms with van der Waals surface area (Å²) in [6.45, 7) is 11.2. The number of nitrogens with zero attached hydrogens (tertiary/aromatic N) is 4. The van der Waals surface area contributed by atoms with Crippen LogP contribution in [0.25, 0.3) is 11.0 Å². The van der Waals surface area contributed by atoms with Crippen LogP contribution in [-0.2, 0) is 19.5 Å². The summed E-state index contributed by atoms with van der Waals surface area (Å²) in [6, 6.07) is 0.390. The van der Waals surface area contributed by atoms with Crippen molar-refractivity contribution in [2.45, 2.75) is 52.2 Å². The Kier molecular flexibility index (Phi) is 5.13. The molecule has 2 aromatic heterocycles. The van der Waals surface area contributed by atoms with Gasteiger partial charge in [0.05, 0.1) is 23.1 Å². The molecular formula is C18H29N7. The first-order valence-electron chi connectivity index (χ1n) is 9.12. The zero-order valence-electron chi connectivity index (χ0n) is 15.3. The van der Waals surface area contributed by atoms with Gasteiger partial charge < -0.3 is 21.7 Å². The van der Waals surface area contributed by atoms with Gasteiger partial charge in [-0.25, -0.2) is 9.67 Å². The van der Waals surface area contributed by atoms with Gasteiger partial charge in [0, 0.05) is 43.5 Å². The van der Waals surface area contributed by atoms with Crippen molar-refractivity contribution in [1.82, 2.24) is 19.7 Å². The molecule has 3 heterocycles. The van der Waals surface area contributed by atoms with E-state index < -0.39 is 0 Å². The van der Waals surface area contributed by atoms with Gasteiger partial charge in [-0.1, -0.05) is 13.5 Å². The van der Waals surface area contributed by atoms with Gasteiger partial charge in [0.25, 0.3) is 0 Å². The number of anilines is 1. The monoisotopic (exact) mass is 343 g/mol. The summed E-state index contributed by atoms with van der Waals surface area (Å²) < 4.78 is 1.95. The van der Waals surface area contributed by atoms with Gasteiger partial charge in [0.2, 0.25) is 0 Å². The van der Waals surface area contributed by atoms with E-state index in [1.54, 1.807) is 0 Å². The molecule has 0 aromatic carbocycles. The van der Waals surface area contributed by atoms with Crippen LogP contribution in [0.5, 0.6) is 0 Å². The molecule has 0 saturated carbocycles. The van der Waals surface area contributed by atoms with Gasteiger partial charge >= 0.3 is 0 Å². The van der Waals surface area contributed by atoms with E-state index in [1.165, 1.54) is 0 Å². The number of hydrogen-bond donors (Lipinski definition) is 3. The van der Waals surface area contributed by atoms with Crippen molar-refractivity contribution in [3.8, 4) is 0 Å². The Morgan fingerprint density at radius 3 is 2.64 bits per heavy atom. The van der Waals surface area contributed by atoms with E-state index >= 15 is 0 Å². The molecular weight excluding hydrogens is 314 g/mol. The SMILES string of the molecule is C=C(N)N1CCC(Nc2c(CN)c(CC)nc3c2cnn3CC)CC1. The smallest absolute Gasteiger partial charge is 0.160 e. The predicted molar refractivity (Wildman–Crippen MR) is 102 cm³/mol. The van der Waals surface area contributed by atoms with E-state index in [0.717, 1.165) is 66.9 Å². The lowest BCUT2D eigenvalue weighted by Gasteiger charge is -2.34. The highest BCUT2D eigenvalue weighted by Gasteiger charge is 2.23. The van der Waals surface area contributed by atoms with E-state index in [0.29, 0.717) is 18.4 Å². The minimum absolute atomic E-state index is 0.390. The minimum atomic E-state index is 0.390. The Morgan fingerprint density at radius 1 is 1.36 bits per heavy atom. The van der Waals surface area contributed by atoms with Gasteiger partial charge in [-0.05, 0) is 26.2 Å². The molecule has 1 saturated heterocycles. The van der Waals surface area contributed by atoms with Gasteiger partial charge in [0.15, 0.2) is 5.65 Å². The maximum Gasteiger partial charge on any atom is 0.160 e. The summed E-state index contributed by atoms with van der Waals surface area (Å²) >= 11 is 0. The van der Waals surface area contributed by atoms with Gasteiger partial charge in [-0.3, -0.25) is 0 Å². The summed E-state index contributed by atoms with van der Waals surface area (Å²) in [7, 11) is 0. The second-order valence-electron chi connectivity index (χ2n) is 6.56. The van der Waals surface area contributed by atoms with Crippen LogP contribution < -0.4 is 16.8 Å². The first-order chi connectivity index (χ1) is 12.1. The van der Waals surface area contributed by atoms with Crippen LogP contribution in [-0.4, -0.2) is 38.8 Å². The second-order valence-corrected chi connectivity index (χ2v) is 6.56. The highest BCUT2D eigenvalue weighted by molar-refractivity contribution is 5.91. The topological polar surface area (TPSA) is 98.0 Å². The van der Waals surface area contributed by atoms with Crippen molar-refractivity contribution in [2.24, 2.45) is 11.5 Å². The molecule has 1 fully saturated rings. The summed E-state index contributed by atoms with van der Waals surface area (Å²) in [6.07, 6.45) is 4.81. The number of nitrogens with two attached hydrogens (primary N) is 2. The van der Waals surface area contributed by atoms with Crippen molar-refractivity contribution in [3.05, 3.63) is 29.9 Å². The summed E-state index contributed by atoms with van der Waals surface area (Å²) in [5, 5.41) is 9.30. The van der Waals surface area contributed by atoms with E-state index in [4.69, 9.17) is 16.5 Å². The standard InChI is InChI=1S/C18H29N7/c1-4-16-14(10-19)17(15-11-21-25(5-2)18(15)23-16)22-13-6-8-24(9-7-13)12(3)20/h11,13H,3-10,19-20H2,1-2H3,(H,22,23). The number of hydrogen-bond acceptors (Lipinski definition) is 6. The molecule has 1 aliphatic heterocycles. The molecule has 5 N–H and O–H groups in total. The lowest BCUT2D eigenvalue weighted by Crippen LogP contribution is -2.40. The average Bonchev–Trinajstić information content (AvgIpc) is 3.04. The lowest BCUT2D eigenvalue weighted by atomic mass is 10.0. The molecule has 3 rings (SSSR count). The molecule has 0 atom stereocenters. The van der Waals surface area contributed by atoms with Crippen molar-refractivity contribution in [2.75, 3.05) is 18.4 Å². The fourth-order valence-corrected chi connectivity index (χ4v) is 3.60. The van der Waals surface area contributed by atoms with Crippen LogP contribution in [0.15, 0.2) is 18.6 Å². The van der Waals surface area contributed by atoms with Crippen LogP contribution in [0.1, 0.15) is 37.9 Å². The second kappa shape index (κ2) is 7.31. The van der Waals surface area contributed by atoms with E-state index in [2.05, 4.69) is 35.7 Å². The molecule has 0 bridgehead atoms. The highest BCUT2D eigenvalue weighted by atomic mass is 15.3. The van der Waals surface area contributed by atoms with Crippen LogP contribution >= 0.6 is 0 Å². The number of likely N-dealkylation sites (tertiary alicyclic amines) is 1. The van der Waals surface area contributed by atoms with Crippen molar-refractivity contribution in [1.29, 1.82) is 0 Å². The third kappa shape index (κ3) is 3.28. The fourth-order valence-electron chi connectivity index (χ4n) is 3.60. The van der Waals surface area contributed by atoms with Crippen LogP contribution in [0, 0.1) is 0 Å². The minimum Gasteiger partial charge on any atom is -0.386 e. The molecule has 7 nitrogen and oxygen atoms in total. The molecule has 7 heteroatoms.